The third kappa shape index (κ3) is 4.96. The van der Waals surface area contributed by atoms with Crippen LogP contribution >= 0.6 is 12.4 Å². The molecule has 1 saturated heterocycles. The average molecular weight is 289 g/mol. The Morgan fingerprint density at radius 3 is 2.74 bits per heavy atom. The van der Waals surface area contributed by atoms with Crippen molar-refractivity contribution in [3.05, 3.63) is 0 Å². The molecule has 1 amide bonds. The van der Waals surface area contributed by atoms with Crippen LogP contribution in [0.3, 0.4) is 0 Å². The first kappa shape index (κ1) is 16.8. The van der Waals surface area contributed by atoms with Crippen LogP contribution in [0.25, 0.3) is 0 Å². The summed E-state index contributed by atoms with van der Waals surface area (Å²) in [6.07, 6.45) is 8.28. The molecule has 0 aromatic heterocycles. The minimum absolute atomic E-state index is 0. The summed E-state index contributed by atoms with van der Waals surface area (Å²) in [5.41, 5.74) is 0. The summed E-state index contributed by atoms with van der Waals surface area (Å²) in [4.78, 5) is 12.3. The molecule has 4 heteroatoms. The Morgan fingerprint density at radius 2 is 2.05 bits per heavy atom. The van der Waals surface area contributed by atoms with Crippen molar-refractivity contribution >= 4 is 18.3 Å². The number of halogens is 1. The number of piperidine rings is 1. The van der Waals surface area contributed by atoms with Gasteiger partial charge in [0.15, 0.2) is 0 Å². The highest BCUT2D eigenvalue weighted by Crippen LogP contribution is 2.27. The first-order valence-electron chi connectivity index (χ1n) is 7.72. The van der Waals surface area contributed by atoms with Crippen LogP contribution in [0.2, 0.25) is 0 Å². The molecule has 4 atom stereocenters. The van der Waals surface area contributed by atoms with Gasteiger partial charge in [-0.25, -0.2) is 0 Å². The van der Waals surface area contributed by atoms with E-state index in [-0.39, 0.29) is 18.3 Å². The predicted octanol–water partition coefficient (Wildman–Crippen LogP) is 2.88. The van der Waals surface area contributed by atoms with Crippen molar-refractivity contribution in [2.75, 3.05) is 6.54 Å². The summed E-state index contributed by atoms with van der Waals surface area (Å²) in [5.74, 6) is 1.38. The van der Waals surface area contributed by atoms with Crippen LogP contribution in [0, 0.1) is 11.8 Å². The van der Waals surface area contributed by atoms with Crippen molar-refractivity contribution in [3.63, 3.8) is 0 Å². The maximum atomic E-state index is 12.3. The summed E-state index contributed by atoms with van der Waals surface area (Å²) in [6, 6.07) is 0.936. The van der Waals surface area contributed by atoms with Gasteiger partial charge >= 0.3 is 0 Å². The lowest BCUT2D eigenvalue weighted by Crippen LogP contribution is -2.46. The van der Waals surface area contributed by atoms with Crippen molar-refractivity contribution in [1.82, 2.24) is 10.6 Å². The fourth-order valence-corrected chi connectivity index (χ4v) is 3.48. The number of hydrogen-bond donors (Lipinski definition) is 2. The molecule has 2 fully saturated rings. The van der Waals surface area contributed by atoms with E-state index < -0.39 is 0 Å². The van der Waals surface area contributed by atoms with E-state index in [0.29, 0.717) is 18.0 Å². The van der Waals surface area contributed by atoms with E-state index in [2.05, 4.69) is 24.5 Å². The van der Waals surface area contributed by atoms with Crippen molar-refractivity contribution in [1.29, 1.82) is 0 Å². The molecule has 2 aliphatic rings. The molecule has 112 valence electrons. The third-order valence-electron chi connectivity index (χ3n) is 4.70. The molecule has 1 heterocycles. The fraction of sp³-hybridized carbons (Fsp3) is 0.933. The molecule has 1 saturated carbocycles. The van der Waals surface area contributed by atoms with Crippen LogP contribution in [0.4, 0.5) is 0 Å². The van der Waals surface area contributed by atoms with Crippen molar-refractivity contribution in [2.45, 2.75) is 70.9 Å². The highest BCUT2D eigenvalue weighted by atomic mass is 35.5. The van der Waals surface area contributed by atoms with Crippen LogP contribution in [-0.2, 0) is 4.79 Å². The Bertz CT molecular complexity index is 285. The van der Waals surface area contributed by atoms with Gasteiger partial charge in [-0.15, -0.1) is 12.4 Å². The maximum Gasteiger partial charge on any atom is 0.223 e. The summed E-state index contributed by atoms with van der Waals surface area (Å²) in [5, 5.41) is 6.71. The molecule has 0 spiro atoms. The Morgan fingerprint density at radius 1 is 1.26 bits per heavy atom. The van der Waals surface area contributed by atoms with Gasteiger partial charge in [-0.05, 0) is 45.1 Å². The van der Waals surface area contributed by atoms with Gasteiger partial charge in [-0.3, -0.25) is 4.79 Å². The third-order valence-corrected chi connectivity index (χ3v) is 4.70. The first-order valence-corrected chi connectivity index (χ1v) is 7.72. The Kier molecular flexibility index (Phi) is 7.16. The second-order valence-corrected chi connectivity index (χ2v) is 6.22. The Labute approximate surface area is 123 Å². The molecule has 2 rings (SSSR count). The van der Waals surface area contributed by atoms with Gasteiger partial charge in [0.1, 0.15) is 0 Å². The lowest BCUT2D eigenvalue weighted by molar-refractivity contribution is -0.127. The van der Waals surface area contributed by atoms with Crippen molar-refractivity contribution < 1.29 is 4.79 Å². The van der Waals surface area contributed by atoms with Crippen LogP contribution in [0.1, 0.15) is 58.8 Å². The Hall–Kier alpha value is -0.280. The minimum atomic E-state index is 0. The highest BCUT2D eigenvalue weighted by molar-refractivity contribution is 5.85. The number of hydrogen-bond acceptors (Lipinski definition) is 2. The average Bonchev–Trinajstić information content (AvgIpc) is 2.39. The topological polar surface area (TPSA) is 41.1 Å². The van der Waals surface area contributed by atoms with Gasteiger partial charge < -0.3 is 10.6 Å². The Balaban J connectivity index is 0.00000180. The molecule has 2 unspecified atom stereocenters. The van der Waals surface area contributed by atoms with Gasteiger partial charge in [0, 0.05) is 18.0 Å². The summed E-state index contributed by atoms with van der Waals surface area (Å²) >= 11 is 0. The zero-order valence-electron chi connectivity index (χ0n) is 12.3. The van der Waals surface area contributed by atoms with Crippen LogP contribution in [-0.4, -0.2) is 24.5 Å². The van der Waals surface area contributed by atoms with E-state index >= 15 is 0 Å². The largest absolute Gasteiger partial charge is 0.353 e. The van der Waals surface area contributed by atoms with E-state index in [1.165, 1.54) is 32.1 Å². The van der Waals surface area contributed by atoms with E-state index in [9.17, 15) is 4.79 Å². The number of amides is 1. The molecule has 1 aliphatic carbocycles. The van der Waals surface area contributed by atoms with Gasteiger partial charge in [0.05, 0.1) is 0 Å². The van der Waals surface area contributed by atoms with Gasteiger partial charge in [0.2, 0.25) is 5.91 Å². The lowest BCUT2D eigenvalue weighted by atomic mass is 9.83. The normalized spacial score (nSPS) is 35.3. The molecule has 19 heavy (non-hydrogen) atoms. The summed E-state index contributed by atoms with van der Waals surface area (Å²) < 4.78 is 0. The standard InChI is InChI=1S/C15H28N2O.ClH/c1-3-12-5-4-6-14(10-12)17-15(18)13-7-8-16-11(2)9-13;/h11-14,16H,3-10H2,1-2H3,(H,17,18);1H/t11-,12?,13-,14?;/m0./s1. The minimum Gasteiger partial charge on any atom is -0.353 e. The maximum absolute atomic E-state index is 12.3. The van der Waals surface area contributed by atoms with Gasteiger partial charge in [0.25, 0.3) is 0 Å². The SMILES string of the molecule is CCC1CCCC(NC(=O)[C@H]2CCN[C@@H](C)C2)C1.Cl. The molecular formula is C15H29ClN2O. The van der Waals surface area contributed by atoms with E-state index in [1.54, 1.807) is 0 Å². The summed E-state index contributed by atoms with van der Waals surface area (Å²) in [7, 11) is 0. The molecular weight excluding hydrogens is 260 g/mol. The zero-order valence-corrected chi connectivity index (χ0v) is 13.1. The quantitative estimate of drug-likeness (QED) is 0.838. The second kappa shape index (κ2) is 8.11. The monoisotopic (exact) mass is 288 g/mol. The first-order chi connectivity index (χ1) is 8.69. The van der Waals surface area contributed by atoms with E-state index in [4.69, 9.17) is 0 Å². The van der Waals surface area contributed by atoms with E-state index in [1.807, 2.05) is 0 Å². The second-order valence-electron chi connectivity index (χ2n) is 6.22. The number of nitrogens with one attached hydrogen (secondary N) is 2. The van der Waals surface area contributed by atoms with Crippen molar-refractivity contribution in [2.24, 2.45) is 11.8 Å². The molecule has 2 N–H and O–H groups in total. The smallest absolute Gasteiger partial charge is 0.223 e. The molecule has 0 aromatic rings. The molecule has 3 nitrogen and oxygen atoms in total. The number of carbonyl (C=O) groups is 1. The van der Waals surface area contributed by atoms with Crippen molar-refractivity contribution in [3.8, 4) is 0 Å². The van der Waals surface area contributed by atoms with Crippen LogP contribution < -0.4 is 10.6 Å². The van der Waals surface area contributed by atoms with Crippen LogP contribution in [0.5, 0.6) is 0 Å². The molecule has 0 aromatic carbocycles. The van der Waals surface area contributed by atoms with Gasteiger partial charge in [-0.1, -0.05) is 26.2 Å². The lowest BCUT2D eigenvalue weighted by Gasteiger charge is -2.32. The number of carbonyl (C=O) groups excluding carboxylic acids is 1. The predicted molar refractivity (Wildman–Crippen MR) is 81.6 cm³/mol. The molecule has 0 bridgehead atoms. The zero-order chi connectivity index (χ0) is 13.0. The molecule has 0 radical (unpaired) electrons. The highest BCUT2D eigenvalue weighted by Gasteiger charge is 2.28. The summed E-state index contributed by atoms with van der Waals surface area (Å²) in [6.45, 7) is 5.43. The van der Waals surface area contributed by atoms with E-state index in [0.717, 1.165) is 25.3 Å². The van der Waals surface area contributed by atoms with Crippen LogP contribution in [0.15, 0.2) is 0 Å². The number of rotatable bonds is 3. The van der Waals surface area contributed by atoms with Gasteiger partial charge in [-0.2, -0.15) is 0 Å². The molecule has 1 aliphatic heterocycles. The fourth-order valence-electron chi connectivity index (χ4n) is 3.48.